The van der Waals surface area contributed by atoms with Crippen LogP contribution in [-0.4, -0.2) is 12.5 Å². The smallest absolute Gasteiger partial charge is 0.0544 e. The zero-order chi connectivity index (χ0) is 11.7. The quantitative estimate of drug-likeness (QED) is 0.633. The van der Waals surface area contributed by atoms with E-state index in [2.05, 4.69) is 0 Å². The molecule has 0 spiro atoms. The second kappa shape index (κ2) is 4.47. The molecule has 0 saturated carbocycles. The van der Waals surface area contributed by atoms with Crippen LogP contribution in [0.5, 0.6) is 0 Å². The lowest BCUT2D eigenvalue weighted by Crippen LogP contribution is -1.98. The summed E-state index contributed by atoms with van der Waals surface area (Å²) < 4.78 is 0. The van der Waals surface area contributed by atoms with Crippen LogP contribution < -0.4 is 11.5 Å². The molecule has 4 heteroatoms. The van der Waals surface area contributed by atoms with E-state index < -0.39 is 0 Å². The number of thioether (sulfide) groups is 2. The van der Waals surface area contributed by atoms with Crippen molar-refractivity contribution in [1.82, 2.24) is 0 Å². The standard InChI is InChI=1S/C12H14N2S2/c1-15-11-9(13)7-5-3-4-6-8(7)10(14)12(11)16-2/h3-6H,13-14H2,1-2H3. The lowest BCUT2D eigenvalue weighted by Gasteiger charge is -2.15. The normalized spacial score (nSPS) is 10.9. The molecular weight excluding hydrogens is 236 g/mol. The Kier molecular flexibility index (Phi) is 3.21. The van der Waals surface area contributed by atoms with Gasteiger partial charge in [0.1, 0.15) is 0 Å². The van der Waals surface area contributed by atoms with Gasteiger partial charge in [-0.25, -0.2) is 0 Å². The Morgan fingerprint density at radius 2 is 1.19 bits per heavy atom. The van der Waals surface area contributed by atoms with Crippen LogP contribution in [0.3, 0.4) is 0 Å². The first kappa shape index (κ1) is 11.5. The molecule has 16 heavy (non-hydrogen) atoms. The van der Waals surface area contributed by atoms with Crippen LogP contribution >= 0.6 is 23.5 Å². The summed E-state index contributed by atoms with van der Waals surface area (Å²) in [4.78, 5) is 2.17. The van der Waals surface area contributed by atoms with Gasteiger partial charge in [-0.05, 0) is 12.5 Å². The third-order valence-corrected chi connectivity index (χ3v) is 4.40. The van der Waals surface area contributed by atoms with Gasteiger partial charge in [-0.1, -0.05) is 24.3 Å². The second-order valence-corrected chi connectivity index (χ2v) is 5.07. The minimum absolute atomic E-state index is 0.835. The molecule has 0 aliphatic heterocycles. The summed E-state index contributed by atoms with van der Waals surface area (Å²) in [7, 11) is 0. The fourth-order valence-corrected chi connectivity index (χ4v) is 3.60. The Morgan fingerprint density at radius 3 is 1.50 bits per heavy atom. The van der Waals surface area contributed by atoms with E-state index in [4.69, 9.17) is 11.5 Å². The minimum Gasteiger partial charge on any atom is -0.397 e. The summed E-state index contributed by atoms with van der Waals surface area (Å²) in [6.45, 7) is 0. The van der Waals surface area contributed by atoms with Crippen molar-refractivity contribution in [2.75, 3.05) is 24.0 Å². The van der Waals surface area contributed by atoms with Gasteiger partial charge < -0.3 is 11.5 Å². The number of benzene rings is 2. The number of nitrogen functional groups attached to an aromatic ring is 2. The fourth-order valence-electron chi connectivity index (χ4n) is 1.85. The third kappa shape index (κ3) is 1.62. The van der Waals surface area contributed by atoms with Crippen molar-refractivity contribution in [3.8, 4) is 0 Å². The molecule has 0 aromatic heterocycles. The summed E-state index contributed by atoms with van der Waals surface area (Å²) in [5.41, 5.74) is 14.0. The highest BCUT2D eigenvalue weighted by Gasteiger charge is 2.14. The number of rotatable bonds is 2. The minimum atomic E-state index is 0.835. The SMILES string of the molecule is CSc1c(SC)c(N)c2ccccc2c1N. The van der Waals surface area contributed by atoms with Crippen LogP contribution in [-0.2, 0) is 0 Å². The highest BCUT2D eigenvalue weighted by molar-refractivity contribution is 8.01. The van der Waals surface area contributed by atoms with Crippen molar-refractivity contribution < 1.29 is 0 Å². The van der Waals surface area contributed by atoms with E-state index in [-0.39, 0.29) is 0 Å². The van der Waals surface area contributed by atoms with E-state index in [1.54, 1.807) is 23.5 Å². The Morgan fingerprint density at radius 1 is 0.812 bits per heavy atom. The third-order valence-electron chi connectivity index (χ3n) is 2.61. The number of fused-ring (bicyclic) bond motifs is 1. The van der Waals surface area contributed by atoms with Gasteiger partial charge in [0.05, 0.1) is 11.4 Å². The molecule has 0 amide bonds. The molecule has 0 heterocycles. The molecule has 0 atom stereocenters. The van der Waals surface area contributed by atoms with Crippen LogP contribution in [0.25, 0.3) is 10.8 Å². The lowest BCUT2D eigenvalue weighted by atomic mass is 10.1. The van der Waals surface area contributed by atoms with Gasteiger partial charge in [0.15, 0.2) is 0 Å². The van der Waals surface area contributed by atoms with E-state index in [1.165, 1.54) is 0 Å². The van der Waals surface area contributed by atoms with Gasteiger partial charge in [0.25, 0.3) is 0 Å². The maximum Gasteiger partial charge on any atom is 0.0544 e. The molecule has 0 bridgehead atoms. The molecule has 0 aliphatic rings. The molecular formula is C12H14N2S2. The highest BCUT2D eigenvalue weighted by atomic mass is 32.2. The summed E-state index contributed by atoms with van der Waals surface area (Å²) in [6.07, 6.45) is 4.05. The van der Waals surface area contributed by atoms with E-state index in [0.717, 1.165) is 31.9 Å². The predicted octanol–water partition coefficient (Wildman–Crippen LogP) is 3.45. The molecule has 84 valence electrons. The molecule has 0 radical (unpaired) electrons. The summed E-state index contributed by atoms with van der Waals surface area (Å²) in [5, 5.41) is 2.09. The van der Waals surface area contributed by atoms with Crippen molar-refractivity contribution in [2.24, 2.45) is 0 Å². The summed E-state index contributed by atoms with van der Waals surface area (Å²) in [5.74, 6) is 0. The van der Waals surface area contributed by atoms with E-state index in [9.17, 15) is 0 Å². The van der Waals surface area contributed by atoms with Crippen molar-refractivity contribution in [2.45, 2.75) is 9.79 Å². The monoisotopic (exact) mass is 250 g/mol. The van der Waals surface area contributed by atoms with E-state index >= 15 is 0 Å². The Bertz CT molecular complexity index is 490. The molecule has 2 aromatic carbocycles. The zero-order valence-electron chi connectivity index (χ0n) is 9.28. The van der Waals surface area contributed by atoms with Crippen LogP contribution in [0.2, 0.25) is 0 Å². The largest absolute Gasteiger partial charge is 0.397 e. The van der Waals surface area contributed by atoms with Crippen LogP contribution in [0.15, 0.2) is 34.1 Å². The number of hydrogen-bond acceptors (Lipinski definition) is 4. The molecule has 2 aromatic rings. The van der Waals surface area contributed by atoms with Gasteiger partial charge in [-0.2, -0.15) is 0 Å². The predicted molar refractivity (Wildman–Crippen MR) is 76.3 cm³/mol. The van der Waals surface area contributed by atoms with Gasteiger partial charge in [0, 0.05) is 20.6 Å². The maximum atomic E-state index is 6.19. The van der Waals surface area contributed by atoms with Crippen molar-refractivity contribution in [3.63, 3.8) is 0 Å². The zero-order valence-corrected chi connectivity index (χ0v) is 10.9. The highest BCUT2D eigenvalue weighted by Crippen LogP contribution is 2.43. The van der Waals surface area contributed by atoms with E-state index in [0.29, 0.717) is 0 Å². The van der Waals surface area contributed by atoms with Gasteiger partial charge >= 0.3 is 0 Å². The second-order valence-electron chi connectivity index (χ2n) is 3.44. The Balaban J connectivity index is 2.93. The van der Waals surface area contributed by atoms with E-state index in [1.807, 2.05) is 36.8 Å². The van der Waals surface area contributed by atoms with Gasteiger partial charge in [-0.3, -0.25) is 0 Å². The summed E-state index contributed by atoms with van der Waals surface area (Å²) in [6, 6.07) is 8.01. The van der Waals surface area contributed by atoms with Gasteiger partial charge in [-0.15, -0.1) is 23.5 Å². The molecule has 0 fully saturated rings. The number of hydrogen-bond donors (Lipinski definition) is 2. The van der Waals surface area contributed by atoms with Crippen molar-refractivity contribution >= 4 is 45.7 Å². The van der Waals surface area contributed by atoms with Crippen LogP contribution in [0, 0.1) is 0 Å². The molecule has 0 saturated heterocycles. The average molecular weight is 250 g/mol. The Hall–Kier alpha value is -1.00. The Labute approximate surface area is 104 Å². The van der Waals surface area contributed by atoms with Crippen LogP contribution in [0.4, 0.5) is 11.4 Å². The maximum absolute atomic E-state index is 6.19. The summed E-state index contributed by atoms with van der Waals surface area (Å²) >= 11 is 3.30. The van der Waals surface area contributed by atoms with Crippen LogP contribution in [0.1, 0.15) is 0 Å². The van der Waals surface area contributed by atoms with Crippen molar-refractivity contribution in [1.29, 1.82) is 0 Å². The first-order valence-electron chi connectivity index (χ1n) is 4.88. The topological polar surface area (TPSA) is 52.0 Å². The molecule has 2 rings (SSSR count). The average Bonchev–Trinajstić information content (AvgIpc) is 2.33. The fraction of sp³-hybridized carbons (Fsp3) is 0.167. The first-order valence-corrected chi connectivity index (χ1v) is 7.33. The lowest BCUT2D eigenvalue weighted by molar-refractivity contribution is 1.30. The number of nitrogens with two attached hydrogens (primary N) is 2. The molecule has 4 N–H and O–H groups in total. The van der Waals surface area contributed by atoms with Crippen molar-refractivity contribution in [3.05, 3.63) is 24.3 Å². The number of anilines is 2. The van der Waals surface area contributed by atoms with Gasteiger partial charge in [0.2, 0.25) is 0 Å². The molecule has 0 unspecified atom stereocenters. The molecule has 2 nitrogen and oxygen atoms in total. The molecule has 0 aliphatic carbocycles. The first-order chi connectivity index (χ1) is 7.70.